The predicted molar refractivity (Wildman–Crippen MR) is 132 cm³/mol. The molecule has 0 spiro atoms. The minimum absolute atomic E-state index is 0.196. The van der Waals surface area contributed by atoms with Crippen LogP contribution in [0.4, 0.5) is 5.69 Å². The number of likely N-dealkylation sites (N-methyl/N-ethyl adjacent to an activating group) is 1. The molecule has 3 aromatic carbocycles. The third kappa shape index (κ3) is 6.57. The zero-order valence-electron chi connectivity index (χ0n) is 18.0. The molecule has 3 amide bonds. The topological polar surface area (TPSA) is 78.5 Å². The van der Waals surface area contributed by atoms with Crippen molar-refractivity contribution in [2.24, 2.45) is 0 Å². The fourth-order valence-electron chi connectivity index (χ4n) is 3.16. The molecule has 170 valence electrons. The van der Waals surface area contributed by atoms with Gasteiger partial charge < -0.3 is 15.5 Å². The highest BCUT2D eigenvalue weighted by molar-refractivity contribution is 6.39. The molecule has 0 unspecified atom stereocenters. The number of anilines is 1. The lowest BCUT2D eigenvalue weighted by Crippen LogP contribution is -2.43. The largest absolute Gasteiger partial charge is 0.343 e. The number of nitrogens with zero attached hydrogens (tertiary/aromatic N) is 1. The summed E-state index contributed by atoms with van der Waals surface area (Å²) in [5.41, 5.74) is 2.78. The number of benzene rings is 3. The van der Waals surface area contributed by atoms with Gasteiger partial charge >= 0.3 is 0 Å². The van der Waals surface area contributed by atoms with E-state index in [1.165, 1.54) is 4.90 Å². The summed E-state index contributed by atoms with van der Waals surface area (Å²) in [5.74, 6) is -1.19. The Morgan fingerprint density at radius 3 is 2.03 bits per heavy atom. The molecule has 0 aromatic heterocycles. The van der Waals surface area contributed by atoms with E-state index in [0.717, 1.165) is 11.1 Å². The van der Waals surface area contributed by atoms with Gasteiger partial charge in [0.05, 0.1) is 28.8 Å². The Labute approximate surface area is 202 Å². The molecule has 2 N–H and O–H groups in total. The lowest BCUT2D eigenvalue weighted by molar-refractivity contribution is -0.133. The van der Waals surface area contributed by atoms with Gasteiger partial charge in [-0.15, -0.1) is 0 Å². The second kappa shape index (κ2) is 11.5. The van der Waals surface area contributed by atoms with Crippen molar-refractivity contribution in [3.05, 3.63) is 88.4 Å². The molecule has 0 atom stereocenters. The SMILES string of the molecule is CCN(CC(=O)Nc1c(Cl)cccc1Cl)C(=O)CNC(=O)c1ccc(-c2ccccc2)cc1. The van der Waals surface area contributed by atoms with E-state index in [2.05, 4.69) is 10.6 Å². The first-order valence-corrected chi connectivity index (χ1v) is 11.1. The van der Waals surface area contributed by atoms with Gasteiger partial charge in [-0.1, -0.05) is 71.7 Å². The van der Waals surface area contributed by atoms with Crippen LogP contribution in [0.25, 0.3) is 11.1 Å². The van der Waals surface area contributed by atoms with Crippen molar-refractivity contribution in [3.63, 3.8) is 0 Å². The Morgan fingerprint density at radius 2 is 1.42 bits per heavy atom. The molecule has 0 saturated carbocycles. The van der Waals surface area contributed by atoms with Gasteiger partial charge in [0.25, 0.3) is 5.91 Å². The number of carbonyl (C=O) groups is 3. The van der Waals surface area contributed by atoms with Crippen LogP contribution < -0.4 is 10.6 Å². The van der Waals surface area contributed by atoms with Crippen LogP contribution in [0.15, 0.2) is 72.8 Å². The molecule has 33 heavy (non-hydrogen) atoms. The Kier molecular flexibility index (Phi) is 8.46. The third-order valence-corrected chi connectivity index (χ3v) is 5.58. The van der Waals surface area contributed by atoms with E-state index in [4.69, 9.17) is 23.2 Å². The number of hydrogen-bond donors (Lipinski definition) is 2. The number of para-hydroxylation sites is 1. The molecule has 0 radical (unpaired) electrons. The summed E-state index contributed by atoms with van der Waals surface area (Å²) < 4.78 is 0. The van der Waals surface area contributed by atoms with Crippen LogP contribution >= 0.6 is 23.2 Å². The van der Waals surface area contributed by atoms with Crippen molar-refractivity contribution in [1.82, 2.24) is 10.2 Å². The molecule has 0 bridgehead atoms. The number of halogens is 2. The number of amides is 3. The van der Waals surface area contributed by atoms with Gasteiger partial charge in [0.2, 0.25) is 11.8 Å². The highest BCUT2D eigenvalue weighted by Gasteiger charge is 2.18. The van der Waals surface area contributed by atoms with Crippen LogP contribution in [0.2, 0.25) is 10.0 Å². The summed E-state index contributed by atoms with van der Waals surface area (Å²) in [6.45, 7) is 1.62. The van der Waals surface area contributed by atoms with E-state index in [1.54, 1.807) is 37.3 Å². The summed E-state index contributed by atoms with van der Waals surface area (Å²) >= 11 is 12.1. The molecule has 3 rings (SSSR count). The zero-order chi connectivity index (χ0) is 23.8. The molecule has 6 nitrogen and oxygen atoms in total. The quantitative estimate of drug-likeness (QED) is 0.479. The van der Waals surface area contributed by atoms with E-state index >= 15 is 0 Å². The Morgan fingerprint density at radius 1 is 0.818 bits per heavy atom. The minimum atomic E-state index is -0.442. The number of rotatable bonds is 8. The first-order valence-electron chi connectivity index (χ1n) is 10.3. The van der Waals surface area contributed by atoms with Crippen LogP contribution in [-0.2, 0) is 9.59 Å². The van der Waals surface area contributed by atoms with Gasteiger partial charge in [-0.05, 0) is 42.3 Å². The standard InChI is InChI=1S/C25H23Cl2N3O3/c1-2-30(16-22(31)29-24-20(26)9-6-10-21(24)27)23(32)15-28-25(33)19-13-11-18(12-14-19)17-7-4-3-5-8-17/h3-14H,2,15-16H2,1H3,(H,28,33)(H,29,31). The molecular formula is C25H23Cl2N3O3. The lowest BCUT2D eigenvalue weighted by Gasteiger charge is -2.21. The fourth-order valence-corrected chi connectivity index (χ4v) is 3.65. The summed E-state index contributed by atoms with van der Waals surface area (Å²) in [6.07, 6.45) is 0. The van der Waals surface area contributed by atoms with Gasteiger partial charge in [-0.3, -0.25) is 14.4 Å². The maximum absolute atomic E-state index is 12.6. The first kappa shape index (κ1) is 24.3. The monoisotopic (exact) mass is 483 g/mol. The summed E-state index contributed by atoms with van der Waals surface area (Å²) in [7, 11) is 0. The summed E-state index contributed by atoms with van der Waals surface area (Å²) in [6, 6.07) is 21.8. The van der Waals surface area contributed by atoms with Crippen LogP contribution in [0.3, 0.4) is 0 Å². The van der Waals surface area contributed by atoms with Crippen molar-refractivity contribution in [1.29, 1.82) is 0 Å². The van der Waals surface area contributed by atoms with Crippen LogP contribution in [-0.4, -0.2) is 42.3 Å². The van der Waals surface area contributed by atoms with E-state index in [0.29, 0.717) is 27.8 Å². The molecular weight excluding hydrogens is 461 g/mol. The molecule has 0 aliphatic carbocycles. The van der Waals surface area contributed by atoms with Gasteiger partial charge in [-0.2, -0.15) is 0 Å². The van der Waals surface area contributed by atoms with Crippen molar-refractivity contribution in [2.75, 3.05) is 25.0 Å². The molecule has 8 heteroatoms. The van der Waals surface area contributed by atoms with Crippen LogP contribution in [0.1, 0.15) is 17.3 Å². The van der Waals surface area contributed by atoms with Gasteiger partial charge in [0, 0.05) is 12.1 Å². The van der Waals surface area contributed by atoms with Crippen molar-refractivity contribution >= 4 is 46.6 Å². The van der Waals surface area contributed by atoms with Crippen LogP contribution in [0, 0.1) is 0 Å². The number of hydrogen-bond acceptors (Lipinski definition) is 3. The Balaban J connectivity index is 1.54. The van der Waals surface area contributed by atoms with E-state index in [9.17, 15) is 14.4 Å². The average molecular weight is 484 g/mol. The molecule has 0 aliphatic heterocycles. The minimum Gasteiger partial charge on any atom is -0.343 e. The highest BCUT2D eigenvalue weighted by atomic mass is 35.5. The maximum Gasteiger partial charge on any atom is 0.251 e. The number of carbonyl (C=O) groups excluding carboxylic acids is 3. The zero-order valence-corrected chi connectivity index (χ0v) is 19.5. The third-order valence-electron chi connectivity index (χ3n) is 4.95. The van der Waals surface area contributed by atoms with Crippen molar-refractivity contribution < 1.29 is 14.4 Å². The average Bonchev–Trinajstić information content (AvgIpc) is 2.84. The smallest absolute Gasteiger partial charge is 0.251 e. The molecule has 0 saturated heterocycles. The predicted octanol–water partition coefficient (Wildman–Crippen LogP) is 4.88. The van der Waals surface area contributed by atoms with Crippen molar-refractivity contribution in [2.45, 2.75) is 6.92 Å². The number of nitrogens with one attached hydrogen (secondary N) is 2. The molecule has 0 fully saturated rings. The van der Waals surface area contributed by atoms with Crippen LogP contribution in [0.5, 0.6) is 0 Å². The van der Waals surface area contributed by atoms with E-state index in [1.807, 2.05) is 42.5 Å². The highest BCUT2D eigenvalue weighted by Crippen LogP contribution is 2.29. The van der Waals surface area contributed by atoms with Gasteiger partial charge in [0.15, 0.2) is 0 Å². The second-order valence-electron chi connectivity index (χ2n) is 7.18. The maximum atomic E-state index is 12.6. The Bertz CT molecular complexity index is 1120. The van der Waals surface area contributed by atoms with Gasteiger partial charge in [0.1, 0.15) is 0 Å². The van der Waals surface area contributed by atoms with E-state index in [-0.39, 0.29) is 24.9 Å². The first-order chi connectivity index (χ1) is 15.9. The Hall–Kier alpha value is -3.35. The van der Waals surface area contributed by atoms with Crippen molar-refractivity contribution in [3.8, 4) is 11.1 Å². The fraction of sp³-hybridized carbons (Fsp3) is 0.160. The second-order valence-corrected chi connectivity index (χ2v) is 7.99. The molecule has 3 aromatic rings. The lowest BCUT2D eigenvalue weighted by atomic mass is 10.0. The normalized spacial score (nSPS) is 10.4. The summed E-state index contributed by atoms with van der Waals surface area (Å²) in [5, 5.41) is 5.84. The molecule has 0 aliphatic rings. The van der Waals surface area contributed by atoms with E-state index < -0.39 is 5.91 Å². The van der Waals surface area contributed by atoms with Gasteiger partial charge in [-0.25, -0.2) is 0 Å². The molecule has 0 heterocycles. The summed E-state index contributed by atoms with van der Waals surface area (Å²) in [4.78, 5) is 38.7.